The third-order valence-corrected chi connectivity index (χ3v) is 2.45. The number of hydrogen-bond acceptors (Lipinski definition) is 3. The second-order valence-electron chi connectivity index (χ2n) is 3.82. The highest BCUT2D eigenvalue weighted by atomic mass is 16.5. The molecule has 1 atom stereocenters. The van der Waals surface area contributed by atoms with Gasteiger partial charge in [0.25, 0.3) is 0 Å². The Balaban J connectivity index is 1.98. The molecule has 0 saturated carbocycles. The molecule has 0 saturated heterocycles. The van der Waals surface area contributed by atoms with Gasteiger partial charge in [0.2, 0.25) is 0 Å². The molecule has 0 aromatic heterocycles. The van der Waals surface area contributed by atoms with Crippen LogP contribution < -0.4 is 11.5 Å². The van der Waals surface area contributed by atoms with E-state index in [1.165, 1.54) is 0 Å². The van der Waals surface area contributed by atoms with E-state index in [1.807, 2.05) is 30.4 Å². The van der Waals surface area contributed by atoms with Gasteiger partial charge in [0.1, 0.15) is 11.5 Å². The Labute approximate surface area is 89.8 Å². The highest BCUT2D eigenvalue weighted by Crippen LogP contribution is 2.21. The van der Waals surface area contributed by atoms with Crippen molar-refractivity contribution >= 4 is 0 Å². The van der Waals surface area contributed by atoms with E-state index in [9.17, 15) is 0 Å². The van der Waals surface area contributed by atoms with Crippen LogP contribution in [0, 0.1) is 0 Å². The van der Waals surface area contributed by atoms with Crippen LogP contribution in [0.25, 0.3) is 0 Å². The smallest absolute Gasteiger partial charge is 0.122 e. The third kappa shape index (κ3) is 2.73. The van der Waals surface area contributed by atoms with Crippen molar-refractivity contribution in [3.63, 3.8) is 0 Å². The third-order valence-electron chi connectivity index (χ3n) is 2.45. The molecule has 2 rings (SSSR count). The van der Waals surface area contributed by atoms with E-state index in [0.29, 0.717) is 0 Å². The Kier molecular flexibility index (Phi) is 2.92. The maximum atomic E-state index is 5.72. The first-order chi connectivity index (χ1) is 7.24. The van der Waals surface area contributed by atoms with Gasteiger partial charge in [0.15, 0.2) is 0 Å². The number of allylic oxidation sites excluding steroid dienone is 4. The van der Waals surface area contributed by atoms with Gasteiger partial charge in [-0.25, -0.2) is 0 Å². The molecule has 0 spiro atoms. The van der Waals surface area contributed by atoms with Gasteiger partial charge in [0.05, 0.1) is 0 Å². The van der Waals surface area contributed by atoms with Crippen LogP contribution in [0.15, 0.2) is 47.6 Å². The van der Waals surface area contributed by atoms with Gasteiger partial charge in [0, 0.05) is 18.2 Å². The van der Waals surface area contributed by atoms with Crippen LogP contribution in [0.2, 0.25) is 0 Å². The molecule has 0 amide bonds. The van der Waals surface area contributed by atoms with Crippen molar-refractivity contribution in [3.8, 4) is 0 Å². The molecule has 2 aliphatic rings. The quantitative estimate of drug-likeness (QED) is 0.719. The minimum Gasteiger partial charge on any atom is -0.462 e. The second-order valence-corrected chi connectivity index (χ2v) is 3.82. The van der Waals surface area contributed by atoms with Crippen molar-refractivity contribution in [1.82, 2.24) is 0 Å². The summed E-state index contributed by atoms with van der Waals surface area (Å²) in [6.07, 6.45) is 12.5. The Morgan fingerprint density at radius 1 is 1.33 bits per heavy atom. The number of rotatable bonds is 2. The lowest BCUT2D eigenvalue weighted by Gasteiger charge is -2.16. The van der Waals surface area contributed by atoms with E-state index in [4.69, 9.17) is 16.2 Å². The molecule has 0 fully saturated rings. The topological polar surface area (TPSA) is 61.3 Å². The Hall–Kier alpha value is -1.48. The number of nitrogens with two attached hydrogens (primary N) is 2. The molecule has 1 unspecified atom stereocenters. The van der Waals surface area contributed by atoms with Crippen LogP contribution >= 0.6 is 0 Å². The molecule has 15 heavy (non-hydrogen) atoms. The van der Waals surface area contributed by atoms with E-state index >= 15 is 0 Å². The predicted molar refractivity (Wildman–Crippen MR) is 60.5 cm³/mol. The van der Waals surface area contributed by atoms with Gasteiger partial charge in [-0.05, 0) is 31.1 Å². The molecule has 2 aliphatic carbocycles. The van der Waals surface area contributed by atoms with Crippen LogP contribution in [0.5, 0.6) is 0 Å². The predicted octanol–water partition coefficient (Wildman–Crippen LogP) is 1.69. The fourth-order valence-corrected chi connectivity index (χ4v) is 1.62. The van der Waals surface area contributed by atoms with Gasteiger partial charge < -0.3 is 16.2 Å². The highest BCUT2D eigenvalue weighted by Gasteiger charge is 2.09. The lowest BCUT2D eigenvalue weighted by atomic mass is 10.1. The van der Waals surface area contributed by atoms with Gasteiger partial charge >= 0.3 is 0 Å². The van der Waals surface area contributed by atoms with Gasteiger partial charge in [-0.3, -0.25) is 0 Å². The first kappa shape index (κ1) is 10.1. The van der Waals surface area contributed by atoms with Crippen LogP contribution in [0.1, 0.15) is 19.3 Å². The molecule has 0 heterocycles. The van der Waals surface area contributed by atoms with Crippen LogP contribution in [-0.2, 0) is 4.74 Å². The molecule has 0 radical (unpaired) electrons. The summed E-state index contributed by atoms with van der Waals surface area (Å²) >= 11 is 0. The number of ether oxygens (including phenoxy) is 1. The van der Waals surface area contributed by atoms with E-state index in [0.717, 1.165) is 36.5 Å². The van der Waals surface area contributed by atoms with Crippen molar-refractivity contribution in [2.24, 2.45) is 11.5 Å². The zero-order chi connectivity index (χ0) is 10.7. The Morgan fingerprint density at radius 2 is 2.20 bits per heavy atom. The number of hydrogen-bond donors (Lipinski definition) is 2. The van der Waals surface area contributed by atoms with Crippen molar-refractivity contribution in [2.45, 2.75) is 25.3 Å². The summed E-state index contributed by atoms with van der Waals surface area (Å²) < 4.78 is 5.71. The average molecular weight is 204 g/mol. The SMILES string of the molecule is NC1=CCCC(OC2=CCC(N)C=C2)=C1. The maximum Gasteiger partial charge on any atom is 0.122 e. The maximum absolute atomic E-state index is 5.72. The molecule has 0 aromatic carbocycles. The summed E-state index contributed by atoms with van der Waals surface area (Å²) in [5.74, 6) is 1.80. The average Bonchev–Trinajstić information content (AvgIpc) is 2.22. The molecular formula is C12H16N2O. The second kappa shape index (κ2) is 4.36. The molecular weight excluding hydrogens is 188 g/mol. The van der Waals surface area contributed by atoms with E-state index in [-0.39, 0.29) is 6.04 Å². The highest BCUT2D eigenvalue weighted by molar-refractivity contribution is 5.26. The molecule has 3 nitrogen and oxygen atoms in total. The van der Waals surface area contributed by atoms with E-state index in [1.54, 1.807) is 0 Å². The minimum absolute atomic E-state index is 0.127. The normalized spacial score (nSPS) is 25.4. The van der Waals surface area contributed by atoms with Crippen molar-refractivity contribution in [2.75, 3.05) is 0 Å². The van der Waals surface area contributed by atoms with Crippen LogP contribution in [0.3, 0.4) is 0 Å². The Bertz CT molecular complexity index is 364. The van der Waals surface area contributed by atoms with Crippen molar-refractivity contribution in [1.29, 1.82) is 0 Å². The summed E-state index contributed by atoms with van der Waals surface area (Å²) in [4.78, 5) is 0. The summed E-state index contributed by atoms with van der Waals surface area (Å²) in [5.41, 5.74) is 12.2. The zero-order valence-electron chi connectivity index (χ0n) is 8.65. The molecule has 0 aromatic rings. The summed E-state index contributed by atoms with van der Waals surface area (Å²) in [5, 5.41) is 0. The van der Waals surface area contributed by atoms with E-state index in [2.05, 4.69) is 0 Å². The zero-order valence-corrected chi connectivity index (χ0v) is 8.65. The fraction of sp³-hybridized carbons (Fsp3) is 0.333. The molecule has 3 heteroatoms. The first-order valence-electron chi connectivity index (χ1n) is 5.22. The molecule has 80 valence electrons. The molecule has 4 N–H and O–H groups in total. The van der Waals surface area contributed by atoms with Crippen LogP contribution in [0.4, 0.5) is 0 Å². The lowest BCUT2D eigenvalue weighted by molar-refractivity contribution is 0.299. The Morgan fingerprint density at radius 3 is 2.87 bits per heavy atom. The summed E-state index contributed by atoms with van der Waals surface area (Å²) in [6.45, 7) is 0. The standard InChI is InChI=1S/C12H16N2O/c13-9-4-6-11(7-5-9)15-12-3-1-2-10(14)8-12/h2,4,6-9H,1,3,5,13-14H2. The van der Waals surface area contributed by atoms with Crippen molar-refractivity contribution in [3.05, 3.63) is 47.6 Å². The summed E-state index contributed by atoms with van der Waals surface area (Å²) in [7, 11) is 0. The van der Waals surface area contributed by atoms with Crippen LogP contribution in [-0.4, -0.2) is 6.04 Å². The lowest BCUT2D eigenvalue weighted by Crippen LogP contribution is -2.18. The first-order valence-corrected chi connectivity index (χ1v) is 5.22. The summed E-state index contributed by atoms with van der Waals surface area (Å²) in [6, 6.07) is 0.127. The van der Waals surface area contributed by atoms with Crippen molar-refractivity contribution < 1.29 is 4.74 Å². The monoisotopic (exact) mass is 204 g/mol. The molecule has 0 bridgehead atoms. The van der Waals surface area contributed by atoms with E-state index < -0.39 is 0 Å². The van der Waals surface area contributed by atoms with Gasteiger partial charge in [-0.15, -0.1) is 0 Å². The minimum atomic E-state index is 0.127. The largest absolute Gasteiger partial charge is 0.462 e. The van der Waals surface area contributed by atoms with Gasteiger partial charge in [-0.2, -0.15) is 0 Å². The fourth-order valence-electron chi connectivity index (χ4n) is 1.62. The van der Waals surface area contributed by atoms with Gasteiger partial charge in [-0.1, -0.05) is 12.2 Å². The molecule has 0 aliphatic heterocycles.